The first-order valence-electron chi connectivity index (χ1n) is 6.54. The normalized spacial score (nSPS) is 10.2. The monoisotopic (exact) mass is 298 g/mol. The van der Waals surface area contributed by atoms with Crippen LogP contribution in [0.25, 0.3) is 0 Å². The molecule has 0 radical (unpaired) electrons. The lowest BCUT2D eigenvalue weighted by Crippen LogP contribution is -2.12. The third kappa shape index (κ3) is 3.71. The second-order valence-electron chi connectivity index (χ2n) is 4.72. The van der Waals surface area contributed by atoms with E-state index in [-0.39, 0.29) is 17.2 Å². The minimum atomic E-state index is -0.534. The molecule has 0 saturated carbocycles. The Balaban J connectivity index is 3.48. The van der Waals surface area contributed by atoms with E-state index in [0.29, 0.717) is 23.9 Å². The van der Waals surface area contributed by atoms with Gasteiger partial charge in [-0.3, -0.25) is 0 Å². The van der Waals surface area contributed by atoms with Gasteiger partial charge in [0.2, 0.25) is 11.5 Å². The summed E-state index contributed by atoms with van der Waals surface area (Å²) >= 11 is 0. The van der Waals surface area contributed by atoms with Crippen molar-refractivity contribution in [2.24, 2.45) is 5.92 Å². The van der Waals surface area contributed by atoms with Crippen LogP contribution in [0, 0.1) is 5.92 Å². The van der Waals surface area contributed by atoms with Gasteiger partial charge in [0.15, 0.2) is 11.5 Å². The topological polar surface area (TPSA) is 63.2 Å². The van der Waals surface area contributed by atoms with Crippen LogP contribution in [-0.4, -0.2) is 41.0 Å². The first-order chi connectivity index (χ1) is 9.99. The summed E-state index contributed by atoms with van der Waals surface area (Å²) in [6.45, 7) is 4.44. The van der Waals surface area contributed by atoms with Gasteiger partial charge in [-0.1, -0.05) is 13.8 Å². The van der Waals surface area contributed by atoms with E-state index in [1.807, 2.05) is 13.8 Å². The molecule has 0 aliphatic carbocycles. The van der Waals surface area contributed by atoms with Crippen molar-refractivity contribution in [2.75, 3.05) is 35.0 Å². The lowest BCUT2D eigenvalue weighted by Gasteiger charge is -2.19. The summed E-state index contributed by atoms with van der Waals surface area (Å²) in [6.07, 6.45) is 0. The SMILES string of the molecule is COC(=O)c1cc(OC)c(OC)c(OC)c1OCC(C)C. The van der Waals surface area contributed by atoms with Crippen molar-refractivity contribution in [3.05, 3.63) is 11.6 Å². The number of esters is 1. The number of rotatable bonds is 7. The van der Waals surface area contributed by atoms with E-state index < -0.39 is 5.97 Å². The van der Waals surface area contributed by atoms with Gasteiger partial charge in [-0.25, -0.2) is 4.79 Å². The van der Waals surface area contributed by atoms with E-state index in [2.05, 4.69) is 0 Å². The van der Waals surface area contributed by atoms with Gasteiger partial charge in [-0.15, -0.1) is 0 Å². The summed E-state index contributed by atoms with van der Waals surface area (Å²) in [5, 5.41) is 0. The lowest BCUT2D eigenvalue weighted by molar-refractivity contribution is 0.0593. The Bertz CT molecular complexity index is 495. The maximum Gasteiger partial charge on any atom is 0.341 e. The summed E-state index contributed by atoms with van der Waals surface area (Å²) < 4.78 is 26.4. The van der Waals surface area contributed by atoms with Crippen molar-refractivity contribution < 1.29 is 28.5 Å². The second kappa shape index (κ2) is 7.61. The molecule has 0 aliphatic rings. The largest absolute Gasteiger partial charge is 0.493 e. The highest BCUT2D eigenvalue weighted by molar-refractivity contribution is 5.95. The molecule has 21 heavy (non-hydrogen) atoms. The van der Waals surface area contributed by atoms with Crippen LogP contribution in [0.1, 0.15) is 24.2 Å². The van der Waals surface area contributed by atoms with Crippen molar-refractivity contribution >= 4 is 5.97 Å². The van der Waals surface area contributed by atoms with Gasteiger partial charge in [0.05, 0.1) is 35.0 Å². The van der Waals surface area contributed by atoms with Crippen LogP contribution in [-0.2, 0) is 4.74 Å². The molecule has 0 bridgehead atoms. The third-order valence-corrected chi connectivity index (χ3v) is 2.75. The number of hydrogen-bond acceptors (Lipinski definition) is 6. The molecule has 1 aromatic carbocycles. The Morgan fingerprint density at radius 3 is 2.05 bits per heavy atom. The smallest absolute Gasteiger partial charge is 0.341 e. The standard InChI is InChI=1S/C15H22O6/c1-9(2)8-21-12-10(15(16)20-6)7-11(17-3)13(18-4)14(12)19-5/h7,9H,8H2,1-6H3. The average molecular weight is 298 g/mol. The Kier molecular flexibility index (Phi) is 6.14. The zero-order valence-corrected chi connectivity index (χ0v) is 13.3. The van der Waals surface area contributed by atoms with Crippen molar-refractivity contribution in [1.82, 2.24) is 0 Å². The average Bonchev–Trinajstić information content (AvgIpc) is 2.49. The molecular weight excluding hydrogens is 276 g/mol. The number of carbonyl (C=O) groups excluding carboxylic acids is 1. The maximum atomic E-state index is 12.0. The number of ether oxygens (including phenoxy) is 5. The fraction of sp³-hybridized carbons (Fsp3) is 0.533. The molecule has 0 amide bonds. The highest BCUT2D eigenvalue weighted by Gasteiger charge is 2.26. The molecule has 0 unspecified atom stereocenters. The Hall–Kier alpha value is -2.11. The number of hydrogen-bond donors (Lipinski definition) is 0. The van der Waals surface area contributed by atoms with Gasteiger partial charge >= 0.3 is 5.97 Å². The third-order valence-electron chi connectivity index (χ3n) is 2.75. The molecule has 0 fully saturated rings. The highest BCUT2D eigenvalue weighted by atomic mass is 16.6. The fourth-order valence-electron chi connectivity index (χ4n) is 1.78. The molecule has 0 aliphatic heterocycles. The quantitative estimate of drug-likeness (QED) is 0.721. The van der Waals surface area contributed by atoms with Crippen molar-refractivity contribution in [1.29, 1.82) is 0 Å². The van der Waals surface area contributed by atoms with Crippen LogP contribution >= 0.6 is 0 Å². The molecule has 1 rings (SSSR count). The molecule has 0 atom stereocenters. The molecule has 6 heteroatoms. The van der Waals surface area contributed by atoms with Crippen LogP contribution < -0.4 is 18.9 Å². The molecular formula is C15H22O6. The van der Waals surface area contributed by atoms with E-state index in [0.717, 1.165) is 0 Å². The first kappa shape index (κ1) is 16.9. The highest BCUT2D eigenvalue weighted by Crippen LogP contribution is 2.47. The van der Waals surface area contributed by atoms with Crippen LogP contribution in [0.5, 0.6) is 23.0 Å². The van der Waals surface area contributed by atoms with E-state index in [1.165, 1.54) is 34.5 Å². The molecule has 0 saturated heterocycles. The van der Waals surface area contributed by atoms with Crippen LogP contribution in [0.2, 0.25) is 0 Å². The van der Waals surface area contributed by atoms with Crippen molar-refractivity contribution in [2.45, 2.75) is 13.8 Å². The van der Waals surface area contributed by atoms with E-state index in [9.17, 15) is 4.79 Å². The molecule has 0 aromatic heterocycles. The Morgan fingerprint density at radius 2 is 1.62 bits per heavy atom. The zero-order valence-electron chi connectivity index (χ0n) is 13.3. The van der Waals surface area contributed by atoms with E-state index in [1.54, 1.807) is 0 Å². The minimum Gasteiger partial charge on any atom is -0.493 e. The predicted octanol–water partition coefficient (Wildman–Crippen LogP) is 2.53. The number of benzene rings is 1. The Labute approximate surface area is 124 Å². The molecule has 6 nitrogen and oxygen atoms in total. The molecule has 0 N–H and O–H groups in total. The fourth-order valence-corrected chi connectivity index (χ4v) is 1.78. The zero-order chi connectivity index (χ0) is 16.0. The van der Waals surface area contributed by atoms with Gasteiger partial charge in [-0.2, -0.15) is 0 Å². The van der Waals surface area contributed by atoms with Gasteiger partial charge in [-0.05, 0) is 5.92 Å². The number of carbonyl (C=O) groups is 1. The second-order valence-corrected chi connectivity index (χ2v) is 4.72. The molecule has 118 valence electrons. The van der Waals surface area contributed by atoms with E-state index in [4.69, 9.17) is 23.7 Å². The van der Waals surface area contributed by atoms with Crippen molar-refractivity contribution in [3.8, 4) is 23.0 Å². The van der Waals surface area contributed by atoms with Gasteiger partial charge in [0.25, 0.3) is 0 Å². The van der Waals surface area contributed by atoms with Crippen molar-refractivity contribution in [3.63, 3.8) is 0 Å². The molecule has 1 aromatic rings. The summed E-state index contributed by atoms with van der Waals surface area (Å²) in [7, 11) is 5.75. The summed E-state index contributed by atoms with van der Waals surface area (Å²) in [6, 6.07) is 1.52. The molecule has 0 heterocycles. The minimum absolute atomic E-state index is 0.229. The molecule has 0 spiro atoms. The summed E-state index contributed by atoms with van der Waals surface area (Å²) in [4.78, 5) is 12.0. The van der Waals surface area contributed by atoms with Gasteiger partial charge in [0.1, 0.15) is 5.56 Å². The Morgan fingerprint density at radius 1 is 1.00 bits per heavy atom. The summed E-state index contributed by atoms with van der Waals surface area (Å²) in [5.74, 6) is 1.08. The first-order valence-corrected chi connectivity index (χ1v) is 6.54. The van der Waals surface area contributed by atoms with Crippen LogP contribution in [0.3, 0.4) is 0 Å². The van der Waals surface area contributed by atoms with Gasteiger partial charge in [0, 0.05) is 6.07 Å². The summed E-state index contributed by atoms with van der Waals surface area (Å²) in [5.41, 5.74) is 0.229. The van der Waals surface area contributed by atoms with Gasteiger partial charge < -0.3 is 23.7 Å². The van der Waals surface area contributed by atoms with Crippen LogP contribution in [0.4, 0.5) is 0 Å². The maximum absolute atomic E-state index is 12.0. The predicted molar refractivity (Wildman–Crippen MR) is 77.8 cm³/mol. The number of methoxy groups -OCH3 is 4. The van der Waals surface area contributed by atoms with E-state index >= 15 is 0 Å². The lowest BCUT2D eigenvalue weighted by atomic mass is 10.1. The van der Waals surface area contributed by atoms with Crippen LogP contribution in [0.15, 0.2) is 6.07 Å².